The van der Waals surface area contributed by atoms with Crippen molar-refractivity contribution in [2.75, 3.05) is 26.6 Å². The van der Waals surface area contributed by atoms with Crippen LogP contribution in [0.1, 0.15) is 24.8 Å². The number of ether oxygens (including phenoxy) is 2. The normalized spacial score (nSPS) is 12.8. The van der Waals surface area contributed by atoms with Gasteiger partial charge >= 0.3 is 5.97 Å². The Hall–Kier alpha value is -2.12. The van der Waals surface area contributed by atoms with Crippen LogP contribution in [0, 0.1) is 0 Å². The molecule has 0 amide bonds. The summed E-state index contributed by atoms with van der Waals surface area (Å²) in [4.78, 5) is 12.1. The highest BCUT2D eigenvalue weighted by Gasteiger charge is 2.17. The third-order valence-corrected chi connectivity index (χ3v) is 4.35. The second kappa shape index (κ2) is 8.31. The van der Waals surface area contributed by atoms with Crippen LogP contribution in [0.3, 0.4) is 0 Å². The standard InChI is InChI=1S/C18H22O6S/c1-13(18(19)23-9-4-10-24-25(3,20)21)14-5-6-16-12-17(22-2)8-7-15(16)11-14/h5-8,11-13H,4,9-10H2,1-3H3. The van der Waals surface area contributed by atoms with Gasteiger partial charge < -0.3 is 9.47 Å². The first-order valence-corrected chi connectivity index (χ1v) is 9.70. The van der Waals surface area contributed by atoms with Gasteiger partial charge in [0.05, 0.1) is 32.5 Å². The molecule has 0 aliphatic heterocycles. The average molecular weight is 366 g/mol. The zero-order valence-electron chi connectivity index (χ0n) is 14.5. The summed E-state index contributed by atoms with van der Waals surface area (Å²) in [6.45, 7) is 1.89. The Kier molecular flexibility index (Phi) is 6.39. The number of fused-ring (bicyclic) bond motifs is 1. The van der Waals surface area contributed by atoms with Crippen LogP contribution in [-0.4, -0.2) is 41.0 Å². The molecule has 0 N–H and O–H groups in total. The number of methoxy groups -OCH3 is 1. The molecule has 6 nitrogen and oxygen atoms in total. The first-order valence-electron chi connectivity index (χ1n) is 7.89. The third-order valence-electron chi connectivity index (χ3n) is 3.76. The van der Waals surface area contributed by atoms with E-state index >= 15 is 0 Å². The van der Waals surface area contributed by atoms with Crippen LogP contribution in [0.2, 0.25) is 0 Å². The van der Waals surface area contributed by atoms with E-state index in [0.29, 0.717) is 6.42 Å². The Bertz CT molecular complexity index is 844. The maximum absolute atomic E-state index is 12.1. The second-order valence-electron chi connectivity index (χ2n) is 5.74. The van der Waals surface area contributed by atoms with Crippen molar-refractivity contribution in [3.63, 3.8) is 0 Å². The number of rotatable bonds is 8. The quantitative estimate of drug-likeness (QED) is 0.406. The first kappa shape index (κ1) is 19.2. The molecule has 1 atom stereocenters. The zero-order valence-corrected chi connectivity index (χ0v) is 15.3. The van der Waals surface area contributed by atoms with E-state index in [1.807, 2.05) is 36.4 Å². The predicted octanol–water partition coefficient (Wildman–Crippen LogP) is 2.86. The third kappa shape index (κ3) is 5.72. The van der Waals surface area contributed by atoms with Crippen LogP contribution in [0.5, 0.6) is 5.75 Å². The second-order valence-corrected chi connectivity index (χ2v) is 7.39. The molecule has 7 heteroatoms. The van der Waals surface area contributed by atoms with Crippen molar-refractivity contribution in [1.29, 1.82) is 0 Å². The van der Waals surface area contributed by atoms with Gasteiger partial charge in [0.25, 0.3) is 10.1 Å². The Morgan fingerprint density at radius 2 is 1.76 bits per heavy atom. The van der Waals surface area contributed by atoms with Crippen molar-refractivity contribution >= 4 is 26.9 Å². The summed E-state index contributed by atoms with van der Waals surface area (Å²) in [7, 11) is -1.84. The molecule has 0 aliphatic rings. The monoisotopic (exact) mass is 366 g/mol. The zero-order chi connectivity index (χ0) is 18.4. The van der Waals surface area contributed by atoms with Gasteiger partial charge in [-0.05, 0) is 35.4 Å². The predicted molar refractivity (Wildman–Crippen MR) is 95.3 cm³/mol. The molecule has 0 aliphatic carbocycles. The summed E-state index contributed by atoms with van der Waals surface area (Å²) in [6.07, 6.45) is 1.31. The lowest BCUT2D eigenvalue weighted by Gasteiger charge is -2.13. The van der Waals surface area contributed by atoms with E-state index in [1.54, 1.807) is 14.0 Å². The number of carbonyl (C=O) groups is 1. The number of hydrogen-bond acceptors (Lipinski definition) is 6. The SMILES string of the molecule is COc1ccc2cc(C(C)C(=O)OCCCOS(C)(=O)=O)ccc2c1. The minimum Gasteiger partial charge on any atom is -0.497 e. The van der Waals surface area contributed by atoms with Crippen LogP contribution in [0.15, 0.2) is 36.4 Å². The fourth-order valence-electron chi connectivity index (χ4n) is 2.34. The van der Waals surface area contributed by atoms with Crippen molar-refractivity contribution in [3.05, 3.63) is 42.0 Å². The minimum atomic E-state index is -3.46. The highest BCUT2D eigenvalue weighted by Crippen LogP contribution is 2.25. The molecule has 2 aromatic rings. The molecule has 1 unspecified atom stereocenters. The summed E-state index contributed by atoms with van der Waals surface area (Å²) in [6, 6.07) is 11.5. The minimum absolute atomic E-state index is 0.00168. The molecular weight excluding hydrogens is 344 g/mol. The van der Waals surface area contributed by atoms with Gasteiger partial charge in [-0.2, -0.15) is 8.42 Å². The van der Waals surface area contributed by atoms with Gasteiger partial charge in [-0.25, -0.2) is 0 Å². The summed E-state index contributed by atoms with van der Waals surface area (Å²) in [5, 5.41) is 2.04. The lowest BCUT2D eigenvalue weighted by atomic mass is 9.98. The highest BCUT2D eigenvalue weighted by atomic mass is 32.2. The topological polar surface area (TPSA) is 78.9 Å². The number of benzene rings is 2. The Morgan fingerprint density at radius 1 is 1.08 bits per heavy atom. The van der Waals surface area contributed by atoms with Crippen LogP contribution in [0.4, 0.5) is 0 Å². The van der Waals surface area contributed by atoms with E-state index in [2.05, 4.69) is 4.18 Å². The van der Waals surface area contributed by atoms with E-state index in [9.17, 15) is 13.2 Å². The van der Waals surface area contributed by atoms with Crippen LogP contribution >= 0.6 is 0 Å². The van der Waals surface area contributed by atoms with Gasteiger partial charge in [0.15, 0.2) is 0 Å². The van der Waals surface area contributed by atoms with Crippen molar-refractivity contribution < 1.29 is 26.9 Å². The van der Waals surface area contributed by atoms with Crippen molar-refractivity contribution in [2.24, 2.45) is 0 Å². The molecule has 136 valence electrons. The van der Waals surface area contributed by atoms with E-state index in [0.717, 1.165) is 28.3 Å². The molecule has 0 spiro atoms. The maximum atomic E-state index is 12.1. The number of carbonyl (C=O) groups excluding carboxylic acids is 1. The molecule has 0 saturated heterocycles. The van der Waals surface area contributed by atoms with Gasteiger partial charge in [-0.3, -0.25) is 8.98 Å². The molecule has 0 saturated carbocycles. The smallest absolute Gasteiger partial charge is 0.313 e. The number of esters is 1. The largest absolute Gasteiger partial charge is 0.497 e. The van der Waals surface area contributed by atoms with Crippen molar-refractivity contribution in [3.8, 4) is 5.75 Å². The fraction of sp³-hybridized carbons (Fsp3) is 0.389. The van der Waals surface area contributed by atoms with E-state index in [4.69, 9.17) is 9.47 Å². The van der Waals surface area contributed by atoms with Gasteiger partial charge in [-0.1, -0.05) is 24.3 Å². The Balaban J connectivity index is 1.93. The summed E-state index contributed by atoms with van der Waals surface area (Å²) >= 11 is 0. The Morgan fingerprint density at radius 3 is 2.44 bits per heavy atom. The molecule has 0 heterocycles. The first-order chi connectivity index (χ1) is 11.8. The Labute approximate surface area is 147 Å². The summed E-state index contributed by atoms with van der Waals surface area (Å²) in [5.74, 6) is 0.0126. The van der Waals surface area contributed by atoms with Gasteiger partial charge in [0.1, 0.15) is 5.75 Å². The maximum Gasteiger partial charge on any atom is 0.313 e. The molecule has 0 aromatic heterocycles. The summed E-state index contributed by atoms with van der Waals surface area (Å²) < 4.78 is 36.6. The van der Waals surface area contributed by atoms with Gasteiger partial charge in [-0.15, -0.1) is 0 Å². The van der Waals surface area contributed by atoms with Gasteiger partial charge in [0, 0.05) is 6.42 Å². The highest BCUT2D eigenvalue weighted by molar-refractivity contribution is 7.85. The molecule has 0 radical (unpaired) electrons. The number of hydrogen-bond donors (Lipinski definition) is 0. The van der Waals surface area contributed by atoms with Crippen molar-refractivity contribution in [2.45, 2.75) is 19.3 Å². The molecule has 0 bridgehead atoms. The fourth-order valence-corrected chi connectivity index (χ4v) is 2.76. The van der Waals surface area contributed by atoms with E-state index in [-0.39, 0.29) is 19.2 Å². The lowest BCUT2D eigenvalue weighted by molar-refractivity contribution is -0.145. The molecule has 2 aromatic carbocycles. The molecular formula is C18H22O6S. The molecule has 2 rings (SSSR count). The van der Waals surface area contributed by atoms with Crippen molar-refractivity contribution in [1.82, 2.24) is 0 Å². The van der Waals surface area contributed by atoms with E-state index < -0.39 is 16.0 Å². The lowest BCUT2D eigenvalue weighted by Crippen LogP contribution is -2.15. The van der Waals surface area contributed by atoms with Crippen LogP contribution in [0.25, 0.3) is 10.8 Å². The summed E-state index contributed by atoms with van der Waals surface area (Å²) in [5.41, 5.74) is 0.857. The van der Waals surface area contributed by atoms with Crippen LogP contribution in [-0.2, 0) is 23.8 Å². The average Bonchev–Trinajstić information content (AvgIpc) is 2.58. The van der Waals surface area contributed by atoms with Crippen LogP contribution < -0.4 is 4.74 Å². The molecule has 25 heavy (non-hydrogen) atoms. The van der Waals surface area contributed by atoms with Gasteiger partial charge in [0.2, 0.25) is 0 Å². The molecule has 0 fully saturated rings. The van der Waals surface area contributed by atoms with E-state index in [1.165, 1.54) is 0 Å².